The molecule has 0 aliphatic carbocycles. The molecule has 0 unspecified atom stereocenters. The van der Waals surface area contributed by atoms with Gasteiger partial charge >= 0.3 is 5.97 Å². The molecular formula is C16H14BrFN2O3. The second kappa shape index (κ2) is 8.38. The van der Waals surface area contributed by atoms with Crippen LogP contribution in [0.25, 0.3) is 0 Å². The van der Waals surface area contributed by atoms with Gasteiger partial charge in [-0.2, -0.15) is 0 Å². The van der Waals surface area contributed by atoms with E-state index >= 15 is 0 Å². The summed E-state index contributed by atoms with van der Waals surface area (Å²) in [5.74, 6) is -1.39. The molecule has 1 N–H and O–H groups in total. The number of nitrogens with one attached hydrogen (secondary N) is 1. The van der Waals surface area contributed by atoms with Crippen LogP contribution in [0.4, 0.5) is 4.39 Å². The molecule has 0 saturated carbocycles. The molecule has 2 aromatic rings. The predicted octanol–water partition coefficient (Wildman–Crippen LogP) is 2.50. The highest BCUT2D eigenvalue weighted by Gasteiger charge is 2.11. The zero-order chi connectivity index (χ0) is 16.7. The van der Waals surface area contributed by atoms with Crippen LogP contribution in [0.15, 0.2) is 47.2 Å². The number of hydrogen-bond donors (Lipinski definition) is 1. The number of benzene rings is 1. The molecule has 0 aliphatic rings. The van der Waals surface area contributed by atoms with E-state index < -0.39 is 18.5 Å². The third kappa shape index (κ3) is 5.45. The lowest BCUT2D eigenvalue weighted by Gasteiger charge is -2.07. The van der Waals surface area contributed by atoms with Gasteiger partial charge in [0.15, 0.2) is 6.61 Å². The summed E-state index contributed by atoms with van der Waals surface area (Å²) in [7, 11) is 0. The van der Waals surface area contributed by atoms with Crippen LogP contribution < -0.4 is 5.32 Å². The number of nitrogens with zero attached hydrogens (tertiary/aromatic N) is 1. The van der Waals surface area contributed by atoms with Gasteiger partial charge in [0.2, 0.25) is 0 Å². The molecular weight excluding hydrogens is 367 g/mol. The SMILES string of the molecule is O=C(COC(=O)c1cncc(Br)c1)NCCc1ccccc1F. The molecule has 1 heterocycles. The minimum absolute atomic E-state index is 0.249. The molecule has 0 aliphatic heterocycles. The summed E-state index contributed by atoms with van der Waals surface area (Å²) in [6.45, 7) is -0.140. The number of aromatic nitrogens is 1. The number of halogens is 2. The van der Waals surface area contributed by atoms with E-state index in [1.165, 1.54) is 18.5 Å². The van der Waals surface area contributed by atoms with Gasteiger partial charge in [0.1, 0.15) is 5.82 Å². The molecule has 120 valence electrons. The van der Waals surface area contributed by atoms with Crippen LogP contribution in [0, 0.1) is 5.82 Å². The van der Waals surface area contributed by atoms with E-state index in [0.717, 1.165) is 0 Å². The standard InChI is InChI=1S/C16H14BrFN2O3/c17-13-7-12(8-19-9-13)16(22)23-10-15(21)20-6-5-11-3-1-2-4-14(11)18/h1-4,7-9H,5-6,10H2,(H,20,21). The van der Waals surface area contributed by atoms with Gasteiger partial charge in [-0.15, -0.1) is 0 Å². The van der Waals surface area contributed by atoms with Crippen LogP contribution in [0.3, 0.4) is 0 Å². The van der Waals surface area contributed by atoms with E-state index in [0.29, 0.717) is 16.5 Å². The van der Waals surface area contributed by atoms with Crippen molar-refractivity contribution in [2.45, 2.75) is 6.42 Å². The van der Waals surface area contributed by atoms with Gasteiger partial charge in [-0.1, -0.05) is 18.2 Å². The van der Waals surface area contributed by atoms with Crippen molar-refractivity contribution in [3.63, 3.8) is 0 Å². The lowest BCUT2D eigenvalue weighted by molar-refractivity contribution is -0.124. The van der Waals surface area contributed by atoms with E-state index in [1.54, 1.807) is 24.3 Å². The Morgan fingerprint density at radius 2 is 2.04 bits per heavy atom. The lowest BCUT2D eigenvalue weighted by atomic mass is 10.1. The second-order valence-corrected chi connectivity index (χ2v) is 5.58. The average molecular weight is 381 g/mol. The average Bonchev–Trinajstić information content (AvgIpc) is 2.54. The molecule has 0 fully saturated rings. The summed E-state index contributed by atoms with van der Waals surface area (Å²) in [4.78, 5) is 27.2. The minimum Gasteiger partial charge on any atom is -0.452 e. The molecule has 1 aromatic heterocycles. The van der Waals surface area contributed by atoms with Crippen molar-refractivity contribution in [3.05, 3.63) is 64.1 Å². The third-order valence-corrected chi connectivity index (χ3v) is 3.38. The lowest BCUT2D eigenvalue weighted by Crippen LogP contribution is -2.30. The van der Waals surface area contributed by atoms with Crippen LogP contribution in [0.2, 0.25) is 0 Å². The first kappa shape index (κ1) is 17.1. The highest BCUT2D eigenvalue weighted by Crippen LogP contribution is 2.10. The number of hydrogen-bond acceptors (Lipinski definition) is 4. The summed E-state index contributed by atoms with van der Waals surface area (Å²) in [5, 5.41) is 2.57. The van der Waals surface area contributed by atoms with Crippen LogP contribution >= 0.6 is 15.9 Å². The monoisotopic (exact) mass is 380 g/mol. The Kier molecular flexibility index (Phi) is 6.22. The summed E-state index contributed by atoms with van der Waals surface area (Å²) in [6, 6.07) is 7.90. The van der Waals surface area contributed by atoms with E-state index in [2.05, 4.69) is 26.2 Å². The van der Waals surface area contributed by atoms with Crippen molar-refractivity contribution in [2.75, 3.05) is 13.2 Å². The van der Waals surface area contributed by atoms with Gasteiger partial charge in [0.25, 0.3) is 5.91 Å². The number of esters is 1. The molecule has 0 saturated heterocycles. The van der Waals surface area contributed by atoms with Crippen LogP contribution in [0.5, 0.6) is 0 Å². The molecule has 1 aromatic carbocycles. The maximum absolute atomic E-state index is 13.4. The smallest absolute Gasteiger partial charge is 0.340 e. The van der Waals surface area contributed by atoms with Crippen molar-refractivity contribution in [1.29, 1.82) is 0 Å². The van der Waals surface area contributed by atoms with Gasteiger partial charge < -0.3 is 10.1 Å². The fourth-order valence-electron chi connectivity index (χ4n) is 1.83. The Morgan fingerprint density at radius 3 is 2.78 bits per heavy atom. The molecule has 0 radical (unpaired) electrons. The maximum atomic E-state index is 13.4. The number of amides is 1. The Balaban J connectivity index is 1.73. The van der Waals surface area contributed by atoms with Crippen molar-refractivity contribution in [3.8, 4) is 0 Å². The number of carbonyl (C=O) groups is 2. The Bertz CT molecular complexity index is 709. The first-order valence-electron chi connectivity index (χ1n) is 6.84. The summed E-state index contributed by atoms with van der Waals surface area (Å²) in [5.41, 5.74) is 0.767. The largest absolute Gasteiger partial charge is 0.452 e. The summed E-state index contributed by atoms with van der Waals surface area (Å²) >= 11 is 3.19. The highest BCUT2D eigenvalue weighted by molar-refractivity contribution is 9.10. The predicted molar refractivity (Wildman–Crippen MR) is 85.3 cm³/mol. The summed E-state index contributed by atoms with van der Waals surface area (Å²) < 4.78 is 18.9. The molecule has 5 nitrogen and oxygen atoms in total. The Hall–Kier alpha value is -2.28. The first-order chi connectivity index (χ1) is 11.1. The molecule has 0 spiro atoms. The molecule has 0 bridgehead atoms. The van der Waals surface area contributed by atoms with Gasteiger partial charge in [0.05, 0.1) is 5.56 Å². The van der Waals surface area contributed by atoms with Gasteiger partial charge in [-0.25, -0.2) is 9.18 Å². The molecule has 23 heavy (non-hydrogen) atoms. The maximum Gasteiger partial charge on any atom is 0.340 e. The van der Waals surface area contributed by atoms with E-state index in [1.807, 2.05) is 0 Å². The molecule has 7 heteroatoms. The minimum atomic E-state index is -0.636. The number of rotatable bonds is 6. The van der Waals surface area contributed by atoms with E-state index in [4.69, 9.17) is 4.74 Å². The Morgan fingerprint density at radius 1 is 1.26 bits per heavy atom. The Labute approximate surface area is 141 Å². The van der Waals surface area contributed by atoms with E-state index in [-0.39, 0.29) is 17.9 Å². The zero-order valence-corrected chi connectivity index (χ0v) is 13.7. The molecule has 1 amide bonds. The molecule has 0 atom stereocenters. The number of pyridine rings is 1. The third-order valence-electron chi connectivity index (χ3n) is 2.95. The fraction of sp³-hybridized carbons (Fsp3) is 0.188. The molecule has 2 rings (SSSR count). The first-order valence-corrected chi connectivity index (χ1v) is 7.63. The van der Waals surface area contributed by atoms with Gasteiger partial charge in [-0.3, -0.25) is 9.78 Å². The number of ether oxygens (including phenoxy) is 1. The van der Waals surface area contributed by atoms with Crippen molar-refractivity contribution in [1.82, 2.24) is 10.3 Å². The fourth-order valence-corrected chi connectivity index (χ4v) is 2.19. The number of carbonyl (C=O) groups excluding carboxylic acids is 2. The summed E-state index contributed by atoms with van der Waals surface area (Å²) in [6.07, 6.45) is 3.25. The van der Waals surface area contributed by atoms with Gasteiger partial charge in [0, 0.05) is 23.4 Å². The van der Waals surface area contributed by atoms with Crippen molar-refractivity contribution >= 4 is 27.8 Å². The van der Waals surface area contributed by atoms with Crippen LogP contribution in [-0.4, -0.2) is 30.0 Å². The second-order valence-electron chi connectivity index (χ2n) is 4.66. The van der Waals surface area contributed by atoms with Crippen LogP contribution in [0.1, 0.15) is 15.9 Å². The topological polar surface area (TPSA) is 68.3 Å². The quantitative estimate of drug-likeness (QED) is 0.781. The van der Waals surface area contributed by atoms with Gasteiger partial charge in [-0.05, 0) is 40.0 Å². The van der Waals surface area contributed by atoms with Crippen molar-refractivity contribution in [2.24, 2.45) is 0 Å². The zero-order valence-electron chi connectivity index (χ0n) is 12.1. The van der Waals surface area contributed by atoms with Crippen molar-refractivity contribution < 1.29 is 18.7 Å². The van der Waals surface area contributed by atoms with E-state index in [9.17, 15) is 14.0 Å². The highest BCUT2D eigenvalue weighted by atomic mass is 79.9. The van der Waals surface area contributed by atoms with Crippen LogP contribution in [-0.2, 0) is 16.0 Å². The normalized spacial score (nSPS) is 10.2.